The fourth-order valence-electron chi connectivity index (χ4n) is 4.50. The van der Waals surface area contributed by atoms with Crippen molar-refractivity contribution in [3.63, 3.8) is 0 Å². The van der Waals surface area contributed by atoms with Crippen LogP contribution in [0.4, 0.5) is 46.9 Å². The molecule has 0 aliphatic carbocycles. The van der Waals surface area contributed by atoms with E-state index in [1.807, 2.05) is 0 Å². The van der Waals surface area contributed by atoms with Crippen molar-refractivity contribution in [2.45, 2.75) is 32.3 Å². The van der Waals surface area contributed by atoms with Gasteiger partial charge in [-0.25, -0.2) is 18.9 Å². The molecule has 250 valence electrons. The third kappa shape index (κ3) is 8.20. The molecule has 2 heterocycles. The summed E-state index contributed by atoms with van der Waals surface area (Å²) in [5.74, 6) is -2.02. The first-order valence-electron chi connectivity index (χ1n) is 13.9. The summed E-state index contributed by atoms with van der Waals surface area (Å²) in [7, 11) is 0. The van der Waals surface area contributed by atoms with Gasteiger partial charge in [-0.05, 0) is 71.7 Å². The largest absolute Gasteiger partial charge is 0.573 e. The van der Waals surface area contributed by atoms with E-state index in [0.717, 1.165) is 47.0 Å². The van der Waals surface area contributed by atoms with Crippen LogP contribution in [-0.4, -0.2) is 44.0 Å². The summed E-state index contributed by atoms with van der Waals surface area (Å²) < 4.78 is 97.6. The zero-order valence-corrected chi connectivity index (χ0v) is 25.6. The van der Waals surface area contributed by atoms with E-state index in [9.17, 15) is 40.3 Å². The molecular weight excluding hydrogens is 669 g/mol. The highest BCUT2D eigenvalue weighted by molar-refractivity contribution is 8.15. The van der Waals surface area contributed by atoms with E-state index in [2.05, 4.69) is 25.1 Å². The number of carbonyl (C=O) groups is 2. The molecule has 0 atom stereocenters. The van der Waals surface area contributed by atoms with E-state index < -0.39 is 41.6 Å². The van der Waals surface area contributed by atoms with Crippen LogP contribution in [0.2, 0.25) is 0 Å². The molecule has 0 radical (unpaired) electrons. The summed E-state index contributed by atoms with van der Waals surface area (Å²) in [6.07, 6.45) is -5.22. The minimum atomic E-state index is -4.82. The van der Waals surface area contributed by atoms with E-state index in [-0.39, 0.29) is 34.0 Å². The van der Waals surface area contributed by atoms with E-state index >= 15 is 0 Å². The first kappa shape index (κ1) is 34.2. The number of ether oxygens (including phenoxy) is 1. The summed E-state index contributed by atoms with van der Waals surface area (Å²) in [4.78, 5) is 34.4. The minimum absolute atomic E-state index is 0.0449. The van der Waals surface area contributed by atoms with Crippen LogP contribution in [0.25, 0.3) is 17.8 Å². The van der Waals surface area contributed by atoms with Gasteiger partial charge in [-0.1, -0.05) is 43.8 Å². The van der Waals surface area contributed by atoms with Gasteiger partial charge in [0, 0.05) is 0 Å². The molecule has 1 saturated heterocycles. The highest BCUT2D eigenvalue weighted by Crippen LogP contribution is 2.38. The SMILES string of the molecule is CC(C)c1ccc(C(F)(F)F)cc1N1C(=O)CSC1=NC(=O)Nc1ccc(C=Cc2ncn(-c3ccc(OC(F)(F)F)cc3)n2)cc1F. The van der Waals surface area contributed by atoms with E-state index in [4.69, 9.17) is 0 Å². The van der Waals surface area contributed by atoms with Crippen LogP contribution in [-0.2, 0) is 11.0 Å². The summed E-state index contributed by atoms with van der Waals surface area (Å²) in [5.41, 5.74) is -0.0528. The second-order valence-electron chi connectivity index (χ2n) is 10.4. The van der Waals surface area contributed by atoms with E-state index in [0.29, 0.717) is 16.8 Å². The van der Waals surface area contributed by atoms with Crippen molar-refractivity contribution in [3.8, 4) is 11.4 Å². The van der Waals surface area contributed by atoms with Gasteiger partial charge in [0.1, 0.15) is 17.9 Å². The van der Waals surface area contributed by atoms with E-state index in [1.54, 1.807) is 13.8 Å². The number of benzene rings is 3. The number of aliphatic imine (C=N–C) groups is 1. The Bertz CT molecular complexity index is 1900. The molecular formula is C31H23F7N6O3S. The first-order chi connectivity index (χ1) is 22.6. The quantitative estimate of drug-likeness (QED) is 0.196. The molecule has 5 rings (SSSR count). The van der Waals surface area contributed by atoms with Crippen molar-refractivity contribution in [1.82, 2.24) is 14.8 Å². The summed E-state index contributed by atoms with van der Waals surface area (Å²) >= 11 is 0.861. The third-order valence-electron chi connectivity index (χ3n) is 6.69. The normalized spacial score (nSPS) is 14.8. The monoisotopic (exact) mass is 692 g/mol. The standard InChI is InChI=1S/C31H23F7N6O3S/c1-17(2)22-10-5-19(30(33,34)35)14-25(22)44-27(45)15-48-29(44)41-28(46)40-24-11-3-18(13-23(24)32)4-12-26-39-16-43(42-26)20-6-8-21(9-7-20)47-31(36,37)38/h3-14,16-17H,15H2,1-2H3,(H,40,46). The summed E-state index contributed by atoms with van der Waals surface area (Å²) in [6, 6.07) is 10.8. The van der Waals surface area contributed by atoms with Gasteiger partial charge in [0.15, 0.2) is 11.0 Å². The number of nitrogens with zero attached hydrogens (tertiary/aromatic N) is 5. The number of thioether (sulfide) groups is 1. The zero-order chi connectivity index (χ0) is 34.8. The Hall–Kier alpha value is -5.19. The molecule has 1 N–H and O–H groups in total. The van der Waals surface area contributed by atoms with Gasteiger partial charge in [0.25, 0.3) is 0 Å². The van der Waals surface area contributed by atoms with Crippen molar-refractivity contribution in [2.24, 2.45) is 4.99 Å². The molecule has 4 aromatic rings. The molecule has 3 aromatic carbocycles. The molecule has 1 aliphatic heterocycles. The van der Waals surface area contributed by atoms with E-state index in [1.165, 1.54) is 53.5 Å². The lowest BCUT2D eigenvalue weighted by molar-refractivity contribution is -0.274. The fourth-order valence-corrected chi connectivity index (χ4v) is 5.36. The number of urea groups is 1. The Morgan fingerprint density at radius 3 is 2.40 bits per heavy atom. The predicted octanol–water partition coefficient (Wildman–Crippen LogP) is 8.29. The Balaban J connectivity index is 1.27. The highest BCUT2D eigenvalue weighted by Gasteiger charge is 2.36. The maximum atomic E-state index is 14.9. The molecule has 0 bridgehead atoms. The van der Waals surface area contributed by atoms with Crippen LogP contribution >= 0.6 is 11.8 Å². The predicted molar refractivity (Wildman–Crippen MR) is 165 cm³/mol. The number of halogens is 7. The van der Waals surface area contributed by atoms with Gasteiger partial charge in [-0.15, -0.1) is 18.3 Å². The number of aromatic nitrogens is 3. The van der Waals surface area contributed by atoms with Crippen LogP contribution in [0, 0.1) is 5.82 Å². The second kappa shape index (κ2) is 13.5. The number of anilines is 2. The van der Waals surface area contributed by atoms with Gasteiger partial charge in [-0.3, -0.25) is 9.69 Å². The third-order valence-corrected chi connectivity index (χ3v) is 7.61. The number of amidine groups is 1. The average molecular weight is 693 g/mol. The first-order valence-corrected chi connectivity index (χ1v) is 14.9. The van der Waals surface area contributed by atoms with Crippen LogP contribution in [0.15, 0.2) is 72.0 Å². The van der Waals surface area contributed by atoms with Gasteiger partial charge in [-0.2, -0.15) is 18.2 Å². The Kier molecular flexibility index (Phi) is 9.61. The van der Waals surface area contributed by atoms with Crippen molar-refractivity contribution in [2.75, 3.05) is 16.0 Å². The molecule has 0 unspecified atom stereocenters. The Labute approximate surface area is 272 Å². The topological polar surface area (TPSA) is 102 Å². The molecule has 0 spiro atoms. The number of hydrogen-bond acceptors (Lipinski definition) is 6. The minimum Gasteiger partial charge on any atom is -0.406 e. The second-order valence-corrected chi connectivity index (χ2v) is 11.4. The number of alkyl halides is 6. The average Bonchev–Trinajstić information content (AvgIpc) is 3.62. The number of hydrogen-bond donors (Lipinski definition) is 1. The molecule has 48 heavy (non-hydrogen) atoms. The summed E-state index contributed by atoms with van der Waals surface area (Å²) in [5, 5.41) is 6.32. The maximum Gasteiger partial charge on any atom is 0.573 e. The molecule has 1 fully saturated rings. The van der Waals surface area contributed by atoms with Crippen molar-refractivity contribution < 1.29 is 45.1 Å². The Morgan fingerprint density at radius 1 is 1.02 bits per heavy atom. The summed E-state index contributed by atoms with van der Waals surface area (Å²) in [6.45, 7) is 3.49. The van der Waals surface area contributed by atoms with Crippen molar-refractivity contribution in [3.05, 3.63) is 95.3 Å². The smallest absolute Gasteiger partial charge is 0.406 e. The van der Waals surface area contributed by atoms with Crippen molar-refractivity contribution >= 4 is 52.4 Å². The zero-order valence-electron chi connectivity index (χ0n) is 24.8. The Morgan fingerprint density at radius 2 is 1.75 bits per heavy atom. The van der Waals surface area contributed by atoms with Gasteiger partial charge < -0.3 is 10.1 Å². The number of nitrogens with one attached hydrogen (secondary N) is 1. The van der Waals surface area contributed by atoms with Gasteiger partial charge in [0.05, 0.1) is 28.4 Å². The van der Waals surface area contributed by atoms with Crippen molar-refractivity contribution in [1.29, 1.82) is 0 Å². The lowest BCUT2D eigenvalue weighted by atomic mass is 9.98. The van der Waals surface area contributed by atoms with Crippen LogP contribution in [0.5, 0.6) is 5.75 Å². The number of rotatable bonds is 7. The lowest BCUT2D eigenvalue weighted by Gasteiger charge is -2.23. The molecule has 0 saturated carbocycles. The number of carbonyl (C=O) groups excluding carboxylic acids is 2. The molecule has 1 aliphatic rings. The van der Waals surface area contributed by atoms with Crippen LogP contribution in [0.1, 0.15) is 42.3 Å². The van der Waals surface area contributed by atoms with Gasteiger partial charge >= 0.3 is 18.6 Å². The molecule has 3 amide bonds. The molecule has 17 heteroatoms. The maximum absolute atomic E-state index is 14.9. The lowest BCUT2D eigenvalue weighted by Crippen LogP contribution is -2.31. The molecule has 1 aromatic heterocycles. The van der Waals surface area contributed by atoms with Crippen LogP contribution < -0.4 is 15.0 Å². The fraction of sp³-hybridized carbons (Fsp3) is 0.194. The molecule has 9 nitrogen and oxygen atoms in total. The number of amides is 3. The van der Waals surface area contributed by atoms with Crippen LogP contribution in [0.3, 0.4) is 0 Å². The highest BCUT2D eigenvalue weighted by atomic mass is 32.2. The van der Waals surface area contributed by atoms with Gasteiger partial charge in [0.2, 0.25) is 5.91 Å².